The fourth-order valence-corrected chi connectivity index (χ4v) is 8.52. The normalized spacial score (nSPS) is 28.2. The van der Waals surface area contributed by atoms with Gasteiger partial charge in [-0.1, -0.05) is 87.4 Å². The number of nitrogens with one attached hydrogen (secondary N) is 8. The van der Waals surface area contributed by atoms with Gasteiger partial charge in [-0.2, -0.15) is 0 Å². The Balaban J connectivity index is 1.76. The molecule has 304 valence electrons. The third-order valence-corrected chi connectivity index (χ3v) is 11.6. The molecule has 0 unspecified atom stereocenters. The number of aromatic nitrogens is 1. The highest BCUT2D eigenvalue weighted by atomic mass is 32.2. The number of H-pyrrole nitrogens is 1. The molecule has 15 heteroatoms. The summed E-state index contributed by atoms with van der Waals surface area (Å²) >= 11 is 1.50. The standard InChI is InChI=1S/C40H62N8O6S/c1-19(2)15-27-35(50)45-31(21(5)6)38(53)47-32(22(7)8)39(54)48-33(23(9)10)40-44-29(18-55-40)36(51)46-30(20(3)4)37(52)43-28(34(49)42-27)16-24-17-41-26-14-12-11-13-25(24)26/h11-14,17,19-23,27-33,40-41,44H,15-16,18H2,1-10H3,(H,42,49)(H,43,52)(H,45,50)(H,46,51)(H,47,53)(H,48,54)/t27-,28+,29+,30-,31+,32-,33+,40-/m1/s1. The Hall–Kier alpha value is -4.11. The zero-order valence-electron chi connectivity index (χ0n) is 33.9. The van der Waals surface area contributed by atoms with Crippen molar-refractivity contribution in [3.8, 4) is 0 Å². The van der Waals surface area contributed by atoms with Gasteiger partial charge in [0.05, 0.1) is 17.5 Å². The van der Waals surface area contributed by atoms with Crippen molar-refractivity contribution in [3.63, 3.8) is 0 Å². The Morgan fingerprint density at radius 3 is 1.69 bits per heavy atom. The van der Waals surface area contributed by atoms with E-state index in [9.17, 15) is 28.8 Å². The molecular weight excluding hydrogens is 721 g/mol. The van der Waals surface area contributed by atoms with Crippen LogP contribution in [0.2, 0.25) is 0 Å². The maximum absolute atomic E-state index is 14.3. The first-order valence-electron chi connectivity index (χ1n) is 19.6. The summed E-state index contributed by atoms with van der Waals surface area (Å²) < 4.78 is 0. The minimum absolute atomic E-state index is 0.0240. The summed E-state index contributed by atoms with van der Waals surface area (Å²) in [5, 5.41) is 21.5. The Bertz CT molecular complexity index is 1690. The summed E-state index contributed by atoms with van der Waals surface area (Å²) in [6, 6.07) is 1.52. The number of benzene rings is 1. The van der Waals surface area contributed by atoms with Gasteiger partial charge < -0.3 is 36.9 Å². The molecule has 2 aliphatic rings. The van der Waals surface area contributed by atoms with Crippen molar-refractivity contribution in [1.29, 1.82) is 0 Å². The molecule has 8 atom stereocenters. The predicted molar refractivity (Wildman–Crippen MR) is 216 cm³/mol. The van der Waals surface area contributed by atoms with Gasteiger partial charge in [0.2, 0.25) is 35.4 Å². The van der Waals surface area contributed by atoms with Gasteiger partial charge in [-0.05, 0) is 47.6 Å². The van der Waals surface area contributed by atoms with Crippen LogP contribution in [-0.4, -0.2) is 93.8 Å². The number of hydrogen-bond acceptors (Lipinski definition) is 8. The Kier molecular flexibility index (Phi) is 15.2. The highest BCUT2D eigenvalue weighted by molar-refractivity contribution is 8.00. The molecule has 3 heterocycles. The zero-order chi connectivity index (χ0) is 40.7. The van der Waals surface area contributed by atoms with Gasteiger partial charge in [0.25, 0.3) is 0 Å². The summed E-state index contributed by atoms with van der Waals surface area (Å²) in [6.45, 7) is 18.7. The second-order valence-electron chi connectivity index (χ2n) is 16.8. The molecule has 0 spiro atoms. The third kappa shape index (κ3) is 11.2. The van der Waals surface area contributed by atoms with Crippen LogP contribution in [0.3, 0.4) is 0 Å². The minimum atomic E-state index is -1.12. The number of carbonyl (C=O) groups excluding carboxylic acids is 6. The highest BCUT2D eigenvalue weighted by Gasteiger charge is 2.41. The Morgan fingerprint density at radius 1 is 0.600 bits per heavy atom. The molecule has 2 aliphatic heterocycles. The first kappa shape index (κ1) is 43.6. The number of carbonyl (C=O) groups is 6. The van der Waals surface area contributed by atoms with E-state index in [0.29, 0.717) is 5.75 Å². The van der Waals surface area contributed by atoms with Crippen molar-refractivity contribution in [2.24, 2.45) is 29.6 Å². The van der Waals surface area contributed by atoms with E-state index in [2.05, 4.69) is 42.2 Å². The topological polar surface area (TPSA) is 202 Å². The number of aromatic amines is 1. The Morgan fingerprint density at radius 2 is 1.11 bits per heavy atom. The first-order chi connectivity index (χ1) is 25.9. The van der Waals surface area contributed by atoms with E-state index in [1.54, 1.807) is 20.0 Å². The highest BCUT2D eigenvalue weighted by Crippen LogP contribution is 2.26. The van der Waals surface area contributed by atoms with Crippen LogP contribution in [0.1, 0.15) is 81.2 Å². The molecule has 2 fully saturated rings. The number of fused-ring (bicyclic) bond motifs is 3. The molecule has 8 N–H and O–H groups in total. The van der Waals surface area contributed by atoms with Crippen molar-refractivity contribution in [2.75, 3.05) is 5.75 Å². The van der Waals surface area contributed by atoms with E-state index in [4.69, 9.17) is 0 Å². The zero-order valence-corrected chi connectivity index (χ0v) is 34.7. The van der Waals surface area contributed by atoms with Crippen LogP contribution in [0.15, 0.2) is 30.5 Å². The van der Waals surface area contributed by atoms with Gasteiger partial charge in [-0.25, -0.2) is 0 Å². The van der Waals surface area contributed by atoms with Crippen molar-refractivity contribution in [2.45, 2.75) is 130 Å². The van der Waals surface area contributed by atoms with Crippen LogP contribution < -0.4 is 37.2 Å². The van der Waals surface area contributed by atoms with E-state index >= 15 is 0 Å². The smallest absolute Gasteiger partial charge is 0.243 e. The molecule has 2 saturated heterocycles. The molecule has 14 nitrogen and oxygen atoms in total. The minimum Gasteiger partial charge on any atom is -0.361 e. The van der Waals surface area contributed by atoms with Gasteiger partial charge in [0.1, 0.15) is 30.2 Å². The Labute approximate surface area is 329 Å². The van der Waals surface area contributed by atoms with Crippen molar-refractivity contribution >= 4 is 58.1 Å². The lowest BCUT2D eigenvalue weighted by Gasteiger charge is -2.32. The average molecular weight is 783 g/mol. The number of rotatable bonds is 8. The fraction of sp³-hybridized carbons (Fsp3) is 0.650. The number of hydrogen-bond donors (Lipinski definition) is 8. The molecule has 4 rings (SSSR count). The molecule has 1 aromatic carbocycles. The lowest BCUT2D eigenvalue weighted by atomic mass is 9.97. The van der Waals surface area contributed by atoms with Gasteiger partial charge in [0.15, 0.2) is 0 Å². The summed E-state index contributed by atoms with van der Waals surface area (Å²) in [7, 11) is 0. The molecular formula is C40H62N8O6S. The maximum atomic E-state index is 14.3. The maximum Gasteiger partial charge on any atom is 0.243 e. The molecule has 1 aromatic heterocycles. The molecule has 2 aromatic rings. The van der Waals surface area contributed by atoms with E-state index in [0.717, 1.165) is 16.5 Å². The molecule has 0 radical (unpaired) electrons. The largest absolute Gasteiger partial charge is 0.361 e. The monoisotopic (exact) mass is 782 g/mol. The lowest BCUT2D eigenvalue weighted by Crippen LogP contribution is -2.61. The third-order valence-electron chi connectivity index (χ3n) is 10.3. The number of thioether (sulfide) groups is 1. The molecule has 0 aliphatic carbocycles. The molecule has 6 amide bonds. The van der Waals surface area contributed by atoms with E-state index in [-0.39, 0.29) is 59.6 Å². The van der Waals surface area contributed by atoms with Crippen molar-refractivity contribution in [1.82, 2.24) is 42.2 Å². The molecule has 0 saturated carbocycles. The first-order valence-corrected chi connectivity index (χ1v) is 20.7. The summed E-state index contributed by atoms with van der Waals surface area (Å²) in [5.74, 6) is -3.58. The number of para-hydroxylation sites is 1. The summed E-state index contributed by atoms with van der Waals surface area (Å²) in [4.78, 5) is 87.2. The van der Waals surface area contributed by atoms with E-state index < -0.39 is 65.9 Å². The van der Waals surface area contributed by atoms with Crippen LogP contribution in [-0.2, 0) is 35.2 Å². The quantitative estimate of drug-likeness (QED) is 0.199. The SMILES string of the molecule is CC(C)C[C@H]1NC(=O)[C@H](Cc2c[nH]c3ccccc23)NC(=O)[C@@H](C(C)C)NC(=O)[C@@H]2CS[C@@H](N2)[C@H](C(C)C)NC(=O)[C@@H](C(C)C)NC(=O)[C@H](C(C)C)NC1=O. The fourth-order valence-electron chi connectivity index (χ4n) is 7.02. The van der Waals surface area contributed by atoms with Crippen LogP contribution in [0.4, 0.5) is 0 Å². The summed E-state index contributed by atoms with van der Waals surface area (Å²) in [6.07, 6.45) is 2.15. The molecule has 2 bridgehead atoms. The summed E-state index contributed by atoms with van der Waals surface area (Å²) in [5.41, 5.74) is 1.65. The van der Waals surface area contributed by atoms with Crippen LogP contribution in [0, 0.1) is 29.6 Å². The van der Waals surface area contributed by atoms with Crippen LogP contribution >= 0.6 is 11.8 Å². The molecule has 55 heavy (non-hydrogen) atoms. The second kappa shape index (κ2) is 19.2. The predicted octanol–water partition coefficient (Wildman–Crippen LogP) is 2.33. The van der Waals surface area contributed by atoms with Crippen molar-refractivity contribution in [3.05, 3.63) is 36.0 Å². The van der Waals surface area contributed by atoms with Gasteiger partial charge in [-0.15, -0.1) is 11.8 Å². The van der Waals surface area contributed by atoms with Gasteiger partial charge in [0, 0.05) is 29.3 Å². The van der Waals surface area contributed by atoms with E-state index in [1.165, 1.54) is 11.8 Å². The average Bonchev–Trinajstić information content (AvgIpc) is 3.76. The van der Waals surface area contributed by atoms with Gasteiger partial charge >= 0.3 is 0 Å². The second-order valence-corrected chi connectivity index (χ2v) is 17.9. The van der Waals surface area contributed by atoms with Crippen LogP contribution in [0.5, 0.6) is 0 Å². The van der Waals surface area contributed by atoms with Crippen LogP contribution in [0.25, 0.3) is 10.9 Å². The van der Waals surface area contributed by atoms with Crippen molar-refractivity contribution < 1.29 is 28.8 Å². The van der Waals surface area contributed by atoms with E-state index in [1.807, 2.05) is 79.7 Å². The van der Waals surface area contributed by atoms with Gasteiger partial charge in [-0.3, -0.25) is 34.1 Å². The number of amides is 6. The lowest BCUT2D eigenvalue weighted by molar-refractivity contribution is -0.136.